The summed E-state index contributed by atoms with van der Waals surface area (Å²) in [5.41, 5.74) is 2.65. The Balaban J connectivity index is 1.76. The van der Waals surface area contributed by atoms with Crippen LogP contribution in [0.25, 0.3) is 6.08 Å². The Morgan fingerprint density at radius 2 is 1.76 bits per heavy atom. The molecular weight excluding hydrogens is 368 g/mol. The molecular formula is C23H24N2O4. The minimum Gasteiger partial charge on any atom is -0.448 e. The molecule has 29 heavy (non-hydrogen) atoms. The van der Waals surface area contributed by atoms with Crippen molar-refractivity contribution in [3.63, 3.8) is 0 Å². The third-order valence-electron chi connectivity index (χ3n) is 4.72. The fourth-order valence-electron chi connectivity index (χ4n) is 3.42. The number of ether oxygens (including phenoxy) is 1. The van der Waals surface area contributed by atoms with Gasteiger partial charge in [0.25, 0.3) is 5.91 Å². The van der Waals surface area contributed by atoms with Crippen molar-refractivity contribution in [2.45, 2.75) is 39.3 Å². The van der Waals surface area contributed by atoms with Crippen molar-refractivity contribution >= 4 is 29.5 Å². The smallest absolute Gasteiger partial charge is 0.355 e. The molecule has 0 radical (unpaired) electrons. The molecule has 1 N–H and O–H groups in total. The lowest BCUT2D eigenvalue weighted by Gasteiger charge is -2.26. The molecule has 6 heteroatoms. The van der Waals surface area contributed by atoms with Gasteiger partial charge in [-0.3, -0.25) is 9.59 Å². The van der Waals surface area contributed by atoms with Crippen molar-refractivity contribution in [1.82, 2.24) is 5.32 Å². The standard InChI is InChI=1S/C23H24N2O4/c1-15-13-19-11-7-8-12-21(19)25(15)22(27)16(2)29-23(28)20(24-17(3)26)14-18-9-5-4-6-10-18/h4-12,14-16H,13H2,1-3H3,(H,24,26)/b20-14-/t15-,16-/m1/s1. The maximum atomic E-state index is 13.0. The SMILES string of the molecule is CC(=O)N/C(=C\c1ccccc1)C(=O)O[C@H](C)C(=O)N1c2ccccc2C[C@H]1C. The van der Waals surface area contributed by atoms with Gasteiger partial charge in [0, 0.05) is 18.7 Å². The third-order valence-corrected chi connectivity index (χ3v) is 4.72. The summed E-state index contributed by atoms with van der Waals surface area (Å²) in [5, 5.41) is 2.49. The number of para-hydroxylation sites is 1. The molecule has 0 spiro atoms. The van der Waals surface area contributed by atoms with Crippen LogP contribution in [0.3, 0.4) is 0 Å². The Morgan fingerprint density at radius 1 is 1.10 bits per heavy atom. The zero-order valence-corrected chi connectivity index (χ0v) is 16.7. The van der Waals surface area contributed by atoms with Crippen LogP contribution in [0.1, 0.15) is 31.9 Å². The minimum absolute atomic E-state index is 0.0155. The first kappa shape index (κ1) is 20.3. The van der Waals surface area contributed by atoms with E-state index in [4.69, 9.17) is 4.74 Å². The average molecular weight is 392 g/mol. The summed E-state index contributed by atoms with van der Waals surface area (Å²) in [6, 6.07) is 16.8. The van der Waals surface area contributed by atoms with Gasteiger partial charge in [0.1, 0.15) is 5.70 Å². The van der Waals surface area contributed by atoms with Gasteiger partial charge in [0.15, 0.2) is 6.10 Å². The minimum atomic E-state index is -0.996. The van der Waals surface area contributed by atoms with E-state index < -0.39 is 18.0 Å². The summed E-state index contributed by atoms with van der Waals surface area (Å²) in [5.74, 6) is -1.45. The highest BCUT2D eigenvalue weighted by molar-refractivity contribution is 6.02. The molecule has 2 aromatic rings. The second-order valence-corrected chi connectivity index (χ2v) is 7.09. The Morgan fingerprint density at radius 3 is 2.45 bits per heavy atom. The number of esters is 1. The maximum Gasteiger partial charge on any atom is 0.355 e. The number of amides is 2. The van der Waals surface area contributed by atoms with Gasteiger partial charge in [0.05, 0.1) is 0 Å². The Bertz CT molecular complexity index is 952. The molecule has 3 rings (SSSR count). The summed E-state index contributed by atoms with van der Waals surface area (Å²) in [6.45, 7) is 4.82. The number of carbonyl (C=O) groups excluding carboxylic acids is 3. The number of hydrogen-bond donors (Lipinski definition) is 1. The van der Waals surface area contributed by atoms with Gasteiger partial charge >= 0.3 is 5.97 Å². The summed E-state index contributed by atoms with van der Waals surface area (Å²) in [6.07, 6.45) is 1.28. The Kier molecular flexibility index (Phi) is 6.12. The quantitative estimate of drug-likeness (QED) is 0.627. The van der Waals surface area contributed by atoms with E-state index in [9.17, 15) is 14.4 Å². The van der Waals surface area contributed by atoms with Gasteiger partial charge in [-0.15, -0.1) is 0 Å². The number of nitrogens with one attached hydrogen (secondary N) is 1. The first-order valence-corrected chi connectivity index (χ1v) is 9.53. The Labute approximate surface area is 170 Å². The molecule has 1 aliphatic heterocycles. The molecule has 0 fully saturated rings. The number of nitrogens with zero attached hydrogens (tertiary/aromatic N) is 1. The van der Waals surface area contributed by atoms with E-state index in [0.29, 0.717) is 0 Å². The van der Waals surface area contributed by atoms with Gasteiger partial charge < -0.3 is 15.0 Å². The average Bonchev–Trinajstić information content (AvgIpc) is 3.02. The van der Waals surface area contributed by atoms with Crippen LogP contribution < -0.4 is 10.2 Å². The lowest BCUT2D eigenvalue weighted by molar-refractivity contribution is -0.150. The molecule has 0 aliphatic carbocycles. The van der Waals surface area contributed by atoms with E-state index in [2.05, 4.69) is 5.32 Å². The topological polar surface area (TPSA) is 75.7 Å². The van der Waals surface area contributed by atoms with Crippen molar-refractivity contribution in [2.24, 2.45) is 0 Å². The summed E-state index contributed by atoms with van der Waals surface area (Å²) in [4.78, 5) is 38.9. The van der Waals surface area contributed by atoms with Crippen molar-refractivity contribution in [1.29, 1.82) is 0 Å². The molecule has 2 aromatic carbocycles. The molecule has 0 saturated heterocycles. The molecule has 0 saturated carbocycles. The number of carbonyl (C=O) groups is 3. The summed E-state index contributed by atoms with van der Waals surface area (Å²) >= 11 is 0. The molecule has 0 bridgehead atoms. The highest BCUT2D eigenvalue weighted by Gasteiger charge is 2.34. The normalized spacial score (nSPS) is 16.7. The van der Waals surface area contributed by atoms with Crippen LogP contribution in [0.2, 0.25) is 0 Å². The van der Waals surface area contributed by atoms with Crippen molar-refractivity contribution in [2.75, 3.05) is 4.90 Å². The zero-order chi connectivity index (χ0) is 21.0. The monoisotopic (exact) mass is 392 g/mol. The van der Waals surface area contributed by atoms with Gasteiger partial charge in [-0.1, -0.05) is 48.5 Å². The third kappa shape index (κ3) is 4.71. The fraction of sp³-hybridized carbons (Fsp3) is 0.261. The Hall–Kier alpha value is -3.41. The van der Waals surface area contributed by atoms with Gasteiger partial charge in [-0.2, -0.15) is 0 Å². The van der Waals surface area contributed by atoms with E-state index in [1.807, 2.05) is 49.4 Å². The lowest BCUT2D eigenvalue weighted by atomic mass is 10.1. The highest BCUT2D eigenvalue weighted by atomic mass is 16.5. The first-order chi connectivity index (χ1) is 13.9. The molecule has 150 valence electrons. The molecule has 1 aliphatic rings. The lowest BCUT2D eigenvalue weighted by Crippen LogP contribution is -2.43. The van der Waals surface area contributed by atoms with Gasteiger partial charge in [-0.05, 0) is 43.5 Å². The maximum absolute atomic E-state index is 13.0. The molecule has 0 unspecified atom stereocenters. The van der Waals surface area contributed by atoms with E-state index >= 15 is 0 Å². The van der Waals surface area contributed by atoms with Crippen molar-refractivity contribution in [3.8, 4) is 0 Å². The van der Waals surface area contributed by atoms with Gasteiger partial charge in [0.2, 0.25) is 5.91 Å². The second kappa shape index (κ2) is 8.73. The van der Waals surface area contributed by atoms with Crippen LogP contribution >= 0.6 is 0 Å². The van der Waals surface area contributed by atoms with E-state index in [0.717, 1.165) is 23.2 Å². The molecule has 0 aromatic heterocycles. The molecule has 2 amide bonds. The predicted octanol–water partition coefficient (Wildman–Crippen LogP) is 3.07. The second-order valence-electron chi connectivity index (χ2n) is 7.09. The molecule has 2 atom stereocenters. The molecule has 1 heterocycles. The van der Waals surface area contributed by atoms with Crippen LogP contribution in [-0.4, -0.2) is 29.9 Å². The van der Waals surface area contributed by atoms with Crippen LogP contribution in [0.5, 0.6) is 0 Å². The largest absolute Gasteiger partial charge is 0.448 e. The number of anilines is 1. The fourth-order valence-corrected chi connectivity index (χ4v) is 3.42. The van der Waals surface area contributed by atoms with E-state index in [1.165, 1.54) is 13.0 Å². The number of fused-ring (bicyclic) bond motifs is 1. The van der Waals surface area contributed by atoms with Gasteiger partial charge in [-0.25, -0.2) is 4.79 Å². The first-order valence-electron chi connectivity index (χ1n) is 9.53. The van der Waals surface area contributed by atoms with E-state index in [-0.39, 0.29) is 17.6 Å². The van der Waals surface area contributed by atoms with Crippen LogP contribution in [0.15, 0.2) is 60.3 Å². The van der Waals surface area contributed by atoms with Crippen molar-refractivity contribution < 1.29 is 19.1 Å². The van der Waals surface area contributed by atoms with Crippen LogP contribution in [0.4, 0.5) is 5.69 Å². The summed E-state index contributed by atoms with van der Waals surface area (Å²) in [7, 11) is 0. The number of hydrogen-bond acceptors (Lipinski definition) is 4. The van der Waals surface area contributed by atoms with E-state index in [1.54, 1.807) is 24.0 Å². The highest BCUT2D eigenvalue weighted by Crippen LogP contribution is 2.32. The van der Waals surface area contributed by atoms with Crippen LogP contribution in [-0.2, 0) is 25.5 Å². The zero-order valence-electron chi connectivity index (χ0n) is 16.7. The predicted molar refractivity (Wildman–Crippen MR) is 111 cm³/mol. The molecule has 6 nitrogen and oxygen atoms in total. The van der Waals surface area contributed by atoms with Crippen molar-refractivity contribution in [3.05, 3.63) is 71.4 Å². The number of rotatable bonds is 5. The number of benzene rings is 2. The summed E-state index contributed by atoms with van der Waals surface area (Å²) < 4.78 is 5.41. The van der Waals surface area contributed by atoms with Crippen LogP contribution in [0, 0.1) is 0 Å².